The first-order chi connectivity index (χ1) is 9.31. The largest absolute Gasteiger partial charge is 0.429 e. The van der Waals surface area contributed by atoms with Crippen molar-refractivity contribution >= 4 is 0 Å². The smallest absolute Gasteiger partial charge is 0.370 e. The molecular formula is C15H24F6O. The van der Waals surface area contributed by atoms with E-state index in [2.05, 4.69) is 0 Å². The van der Waals surface area contributed by atoms with Crippen LogP contribution in [0.3, 0.4) is 0 Å². The van der Waals surface area contributed by atoms with E-state index in [0.29, 0.717) is 6.42 Å². The predicted octanol–water partition coefficient (Wildman–Crippen LogP) is 5.50. The van der Waals surface area contributed by atoms with Gasteiger partial charge in [-0.1, -0.05) is 47.6 Å². The molecule has 1 unspecified atom stereocenters. The first-order valence-corrected chi connectivity index (χ1v) is 6.86. The van der Waals surface area contributed by atoms with Crippen LogP contribution in [-0.2, 0) is 0 Å². The maximum Gasteiger partial charge on any atom is 0.429 e. The third-order valence-corrected chi connectivity index (χ3v) is 3.38. The zero-order valence-electron chi connectivity index (χ0n) is 13.7. The molecule has 0 aromatic heterocycles. The highest BCUT2D eigenvalue weighted by Crippen LogP contribution is 2.45. The molecule has 22 heavy (non-hydrogen) atoms. The Labute approximate surface area is 127 Å². The second kappa shape index (κ2) is 6.06. The standard InChI is InChI=1S/C15H24F6O/c1-11(2,3)9-10(12(4,5)6)7-8-13(22,14(16,17)18)15(19,20)21/h7-8,10,22H,9H2,1-6H3. The Bertz CT molecular complexity index is 378. The van der Waals surface area contributed by atoms with Crippen molar-refractivity contribution in [3.63, 3.8) is 0 Å². The molecule has 1 atom stereocenters. The average Bonchev–Trinajstić information content (AvgIpc) is 2.16. The number of alkyl halides is 6. The van der Waals surface area contributed by atoms with Gasteiger partial charge in [-0.05, 0) is 29.2 Å². The first kappa shape index (κ1) is 21.3. The summed E-state index contributed by atoms with van der Waals surface area (Å²) < 4.78 is 76.0. The van der Waals surface area contributed by atoms with Gasteiger partial charge in [0, 0.05) is 0 Å². The van der Waals surface area contributed by atoms with Crippen LogP contribution in [-0.4, -0.2) is 23.1 Å². The van der Waals surface area contributed by atoms with Crippen LogP contribution in [0.15, 0.2) is 12.2 Å². The minimum atomic E-state index is -5.83. The Kier molecular flexibility index (Phi) is 5.86. The zero-order chi connectivity index (χ0) is 18.2. The lowest BCUT2D eigenvalue weighted by molar-refractivity contribution is -0.347. The lowest BCUT2D eigenvalue weighted by Crippen LogP contribution is -2.55. The Morgan fingerprint density at radius 1 is 0.818 bits per heavy atom. The van der Waals surface area contributed by atoms with Crippen molar-refractivity contribution in [3.05, 3.63) is 12.2 Å². The van der Waals surface area contributed by atoms with E-state index < -0.39 is 29.3 Å². The molecule has 0 spiro atoms. The van der Waals surface area contributed by atoms with Gasteiger partial charge in [0.1, 0.15) is 0 Å². The number of allylic oxidation sites excluding steroid dienone is 1. The quantitative estimate of drug-likeness (QED) is 0.534. The molecule has 0 rings (SSSR count). The lowest BCUT2D eigenvalue weighted by atomic mass is 9.71. The van der Waals surface area contributed by atoms with Gasteiger partial charge in [-0.25, -0.2) is 0 Å². The van der Waals surface area contributed by atoms with Crippen LogP contribution in [0, 0.1) is 16.7 Å². The fraction of sp³-hybridized carbons (Fsp3) is 0.867. The van der Waals surface area contributed by atoms with Crippen molar-refractivity contribution < 1.29 is 31.4 Å². The molecule has 0 aliphatic carbocycles. The highest BCUT2D eigenvalue weighted by atomic mass is 19.4. The normalized spacial score (nSPS) is 17.1. The van der Waals surface area contributed by atoms with E-state index in [1.54, 1.807) is 20.8 Å². The molecule has 0 saturated carbocycles. The van der Waals surface area contributed by atoms with Gasteiger partial charge in [0.05, 0.1) is 0 Å². The fourth-order valence-corrected chi connectivity index (χ4v) is 1.93. The molecule has 0 saturated heterocycles. The summed E-state index contributed by atoms with van der Waals surface area (Å²) in [6.07, 6.45) is -10.6. The van der Waals surface area contributed by atoms with Crippen LogP contribution in [0.1, 0.15) is 48.0 Å². The number of hydrogen-bond donors (Lipinski definition) is 1. The third-order valence-electron chi connectivity index (χ3n) is 3.38. The summed E-state index contributed by atoms with van der Waals surface area (Å²) in [4.78, 5) is 0. The van der Waals surface area contributed by atoms with Gasteiger partial charge in [0.2, 0.25) is 0 Å². The lowest BCUT2D eigenvalue weighted by Gasteiger charge is -2.35. The molecular weight excluding hydrogens is 310 g/mol. The molecule has 132 valence electrons. The topological polar surface area (TPSA) is 20.2 Å². The first-order valence-electron chi connectivity index (χ1n) is 6.86. The molecule has 0 bridgehead atoms. The zero-order valence-corrected chi connectivity index (χ0v) is 13.7. The second-order valence-corrected chi connectivity index (χ2v) is 7.86. The summed E-state index contributed by atoms with van der Waals surface area (Å²) in [5.41, 5.74) is -5.65. The summed E-state index contributed by atoms with van der Waals surface area (Å²) in [6, 6.07) is 0. The van der Waals surface area contributed by atoms with Crippen LogP contribution in [0.4, 0.5) is 26.3 Å². The Hall–Kier alpha value is -0.720. The molecule has 0 aromatic rings. The van der Waals surface area contributed by atoms with Crippen molar-refractivity contribution in [1.82, 2.24) is 0 Å². The third kappa shape index (κ3) is 5.48. The monoisotopic (exact) mass is 334 g/mol. The van der Waals surface area contributed by atoms with Gasteiger partial charge in [-0.2, -0.15) is 26.3 Å². The minimum absolute atomic E-state index is 0.158. The van der Waals surface area contributed by atoms with Crippen molar-refractivity contribution in [2.45, 2.75) is 65.9 Å². The summed E-state index contributed by atoms with van der Waals surface area (Å²) in [5, 5.41) is 9.16. The summed E-state index contributed by atoms with van der Waals surface area (Å²) >= 11 is 0. The molecule has 0 heterocycles. The molecule has 1 nitrogen and oxygen atoms in total. The Morgan fingerprint density at radius 3 is 1.41 bits per heavy atom. The van der Waals surface area contributed by atoms with Crippen LogP contribution < -0.4 is 0 Å². The molecule has 0 aromatic carbocycles. The van der Waals surface area contributed by atoms with Crippen LogP contribution in [0.5, 0.6) is 0 Å². The number of hydrogen-bond acceptors (Lipinski definition) is 1. The van der Waals surface area contributed by atoms with E-state index in [1.807, 2.05) is 20.8 Å². The maximum absolute atomic E-state index is 12.7. The summed E-state index contributed by atoms with van der Waals surface area (Å²) in [5.74, 6) is -0.552. The van der Waals surface area contributed by atoms with E-state index in [0.717, 1.165) is 6.08 Å². The highest BCUT2D eigenvalue weighted by molar-refractivity contribution is 5.12. The number of aliphatic hydroxyl groups is 1. The SMILES string of the molecule is CC(C)(C)CC(C=CC(O)(C(F)(F)F)C(F)(F)F)C(C)(C)C. The Balaban J connectivity index is 5.72. The average molecular weight is 334 g/mol. The van der Waals surface area contributed by atoms with Gasteiger partial charge >= 0.3 is 12.4 Å². The number of rotatable bonds is 3. The fourth-order valence-electron chi connectivity index (χ4n) is 1.93. The van der Waals surface area contributed by atoms with Crippen molar-refractivity contribution in [1.29, 1.82) is 0 Å². The molecule has 1 N–H and O–H groups in total. The number of halogens is 6. The predicted molar refractivity (Wildman–Crippen MR) is 73.2 cm³/mol. The van der Waals surface area contributed by atoms with Crippen molar-refractivity contribution in [2.24, 2.45) is 16.7 Å². The molecule has 0 aliphatic heterocycles. The van der Waals surface area contributed by atoms with Gasteiger partial charge in [-0.3, -0.25) is 0 Å². The van der Waals surface area contributed by atoms with Crippen molar-refractivity contribution in [2.75, 3.05) is 0 Å². The van der Waals surface area contributed by atoms with Crippen LogP contribution in [0.2, 0.25) is 0 Å². The molecule has 0 aliphatic rings. The second-order valence-electron chi connectivity index (χ2n) is 7.86. The molecule has 0 radical (unpaired) electrons. The van der Waals surface area contributed by atoms with Crippen molar-refractivity contribution in [3.8, 4) is 0 Å². The molecule has 0 fully saturated rings. The maximum atomic E-state index is 12.7. The van der Waals surface area contributed by atoms with E-state index in [4.69, 9.17) is 5.11 Å². The molecule has 0 amide bonds. The minimum Gasteiger partial charge on any atom is -0.370 e. The van der Waals surface area contributed by atoms with Crippen LogP contribution in [0.25, 0.3) is 0 Å². The highest BCUT2D eigenvalue weighted by Gasteiger charge is 2.69. The van der Waals surface area contributed by atoms with E-state index in [9.17, 15) is 26.3 Å². The van der Waals surface area contributed by atoms with E-state index >= 15 is 0 Å². The van der Waals surface area contributed by atoms with Crippen LogP contribution >= 0.6 is 0 Å². The summed E-state index contributed by atoms with van der Waals surface area (Å²) in [6.45, 7) is 10.7. The van der Waals surface area contributed by atoms with Gasteiger partial charge in [0.25, 0.3) is 5.60 Å². The summed E-state index contributed by atoms with van der Waals surface area (Å²) in [7, 11) is 0. The van der Waals surface area contributed by atoms with Gasteiger partial charge < -0.3 is 5.11 Å². The van der Waals surface area contributed by atoms with E-state index in [1.165, 1.54) is 0 Å². The van der Waals surface area contributed by atoms with E-state index in [-0.39, 0.29) is 11.5 Å². The molecule has 7 heteroatoms. The van der Waals surface area contributed by atoms with Gasteiger partial charge in [-0.15, -0.1) is 0 Å². The van der Waals surface area contributed by atoms with Gasteiger partial charge in [0.15, 0.2) is 0 Å². The Morgan fingerprint density at radius 2 is 1.18 bits per heavy atom.